The van der Waals surface area contributed by atoms with E-state index in [1.165, 1.54) is 5.56 Å². The van der Waals surface area contributed by atoms with Gasteiger partial charge in [0.05, 0.1) is 16.6 Å². The lowest BCUT2D eigenvalue weighted by atomic mass is 10.2. The molecule has 0 aliphatic carbocycles. The van der Waals surface area contributed by atoms with Gasteiger partial charge in [-0.1, -0.05) is 43.7 Å². The van der Waals surface area contributed by atoms with E-state index in [0.29, 0.717) is 11.2 Å². The molecule has 0 unspecified atom stereocenters. The molecule has 3 heteroatoms. The van der Waals surface area contributed by atoms with E-state index in [9.17, 15) is 4.79 Å². The molecular weight excluding hydrogens is 260 g/mol. The van der Waals surface area contributed by atoms with E-state index in [0.717, 1.165) is 11.2 Å². The second-order valence-electron chi connectivity index (χ2n) is 4.65. The van der Waals surface area contributed by atoms with Crippen LogP contribution in [0.5, 0.6) is 0 Å². The van der Waals surface area contributed by atoms with Gasteiger partial charge in [-0.2, -0.15) is 0 Å². The van der Waals surface area contributed by atoms with Crippen LogP contribution in [-0.2, 0) is 0 Å². The Morgan fingerprint density at radius 3 is 2.19 bits per heavy atom. The molecule has 1 aromatic heterocycles. The number of aromatic nitrogens is 2. The van der Waals surface area contributed by atoms with Crippen molar-refractivity contribution in [1.29, 1.82) is 0 Å². The molecular formula is C18H20N2O. The van der Waals surface area contributed by atoms with Gasteiger partial charge in [0.15, 0.2) is 0 Å². The topological polar surface area (TPSA) is 34.9 Å². The second kappa shape index (κ2) is 6.35. The van der Waals surface area contributed by atoms with Crippen LogP contribution in [0.25, 0.3) is 16.6 Å². The molecule has 3 aromatic rings. The normalized spacial score (nSPS) is 10.1. The minimum atomic E-state index is -0.0213. The van der Waals surface area contributed by atoms with E-state index >= 15 is 0 Å². The molecule has 0 radical (unpaired) electrons. The first-order valence-electron chi connectivity index (χ1n) is 7.22. The van der Waals surface area contributed by atoms with E-state index in [2.05, 4.69) is 4.98 Å². The smallest absolute Gasteiger partial charge is 0.265 e. The van der Waals surface area contributed by atoms with Gasteiger partial charge in [0.25, 0.3) is 5.56 Å². The number of fused-ring (bicyclic) bond motifs is 1. The molecule has 21 heavy (non-hydrogen) atoms. The third-order valence-electron chi connectivity index (χ3n) is 3.24. The highest BCUT2D eigenvalue weighted by atomic mass is 16.1. The molecule has 0 bridgehead atoms. The van der Waals surface area contributed by atoms with Crippen LogP contribution in [-0.4, -0.2) is 9.55 Å². The van der Waals surface area contributed by atoms with E-state index in [1.54, 1.807) is 4.57 Å². The average Bonchev–Trinajstić information content (AvgIpc) is 2.51. The number of rotatable bonds is 1. The molecule has 0 atom stereocenters. The van der Waals surface area contributed by atoms with E-state index in [4.69, 9.17) is 0 Å². The third-order valence-corrected chi connectivity index (χ3v) is 3.24. The van der Waals surface area contributed by atoms with Crippen molar-refractivity contribution in [2.24, 2.45) is 0 Å². The average molecular weight is 280 g/mol. The monoisotopic (exact) mass is 280 g/mol. The van der Waals surface area contributed by atoms with Gasteiger partial charge in [-0.3, -0.25) is 9.36 Å². The molecule has 3 nitrogen and oxygen atoms in total. The Labute approximate surface area is 124 Å². The Hall–Kier alpha value is -2.42. The summed E-state index contributed by atoms with van der Waals surface area (Å²) in [6, 6.07) is 15.3. The van der Waals surface area contributed by atoms with Crippen LogP contribution in [0.2, 0.25) is 0 Å². The first-order chi connectivity index (χ1) is 10.2. The molecule has 108 valence electrons. The molecule has 0 saturated carbocycles. The maximum absolute atomic E-state index is 12.6. The first kappa shape index (κ1) is 15.0. The summed E-state index contributed by atoms with van der Waals surface area (Å²) in [5.74, 6) is 0.701. The van der Waals surface area contributed by atoms with Gasteiger partial charge in [-0.05, 0) is 38.1 Å². The first-order valence-corrected chi connectivity index (χ1v) is 7.22. The van der Waals surface area contributed by atoms with Crippen LogP contribution in [0.4, 0.5) is 0 Å². The standard InChI is InChI=1S/C16H14N2O.C2H6/c1-11-7-9-13(10-8-11)18-12(2)17-15-6-4-3-5-14(15)16(18)19;1-2/h3-10H,1-2H3;1-2H3. The molecule has 0 aliphatic rings. The van der Waals surface area contributed by atoms with Crippen LogP contribution >= 0.6 is 0 Å². The fourth-order valence-electron chi connectivity index (χ4n) is 2.24. The summed E-state index contributed by atoms with van der Waals surface area (Å²) in [5.41, 5.74) is 2.75. The fourth-order valence-corrected chi connectivity index (χ4v) is 2.24. The molecule has 0 spiro atoms. The molecule has 0 amide bonds. The summed E-state index contributed by atoms with van der Waals surface area (Å²) in [7, 11) is 0. The summed E-state index contributed by atoms with van der Waals surface area (Å²) in [4.78, 5) is 17.1. The number of para-hydroxylation sites is 1. The summed E-state index contributed by atoms with van der Waals surface area (Å²) in [6.07, 6.45) is 0. The molecule has 3 rings (SSSR count). The lowest BCUT2D eigenvalue weighted by Gasteiger charge is -2.10. The van der Waals surface area contributed by atoms with Gasteiger partial charge in [-0.15, -0.1) is 0 Å². The van der Waals surface area contributed by atoms with Crippen molar-refractivity contribution in [3.63, 3.8) is 0 Å². The predicted molar refractivity (Wildman–Crippen MR) is 88.2 cm³/mol. The number of hydrogen-bond donors (Lipinski definition) is 0. The van der Waals surface area contributed by atoms with E-state index < -0.39 is 0 Å². The number of aryl methyl sites for hydroxylation is 2. The zero-order chi connectivity index (χ0) is 15.4. The second-order valence-corrected chi connectivity index (χ2v) is 4.65. The quantitative estimate of drug-likeness (QED) is 0.674. The lowest BCUT2D eigenvalue weighted by Crippen LogP contribution is -2.22. The van der Waals surface area contributed by atoms with Gasteiger partial charge in [0.1, 0.15) is 5.82 Å². The highest BCUT2D eigenvalue weighted by Crippen LogP contribution is 2.12. The molecule has 1 heterocycles. The minimum absolute atomic E-state index is 0.0213. The van der Waals surface area contributed by atoms with Crippen molar-refractivity contribution in [2.75, 3.05) is 0 Å². The van der Waals surface area contributed by atoms with Crippen LogP contribution < -0.4 is 5.56 Å². The maximum atomic E-state index is 12.6. The van der Waals surface area contributed by atoms with E-state index in [1.807, 2.05) is 76.2 Å². The lowest BCUT2D eigenvalue weighted by molar-refractivity contribution is 0.894. The number of benzene rings is 2. The highest BCUT2D eigenvalue weighted by molar-refractivity contribution is 5.77. The van der Waals surface area contributed by atoms with E-state index in [-0.39, 0.29) is 5.56 Å². The number of nitrogens with zero attached hydrogens (tertiary/aromatic N) is 2. The molecule has 0 saturated heterocycles. The zero-order valence-corrected chi connectivity index (χ0v) is 12.9. The predicted octanol–water partition coefficient (Wildman–Crippen LogP) is 4.03. The van der Waals surface area contributed by atoms with Gasteiger partial charge in [0.2, 0.25) is 0 Å². The van der Waals surface area contributed by atoms with Crippen molar-refractivity contribution in [2.45, 2.75) is 27.7 Å². The summed E-state index contributed by atoms with van der Waals surface area (Å²) >= 11 is 0. The van der Waals surface area contributed by atoms with Crippen LogP contribution in [0.15, 0.2) is 53.3 Å². The van der Waals surface area contributed by atoms with Gasteiger partial charge < -0.3 is 0 Å². The van der Waals surface area contributed by atoms with Crippen molar-refractivity contribution >= 4 is 10.9 Å². The third kappa shape index (κ3) is 2.87. The molecule has 0 aliphatic heterocycles. The maximum Gasteiger partial charge on any atom is 0.265 e. The SMILES string of the molecule is CC.Cc1ccc(-n2c(C)nc3ccccc3c2=O)cc1. The summed E-state index contributed by atoms with van der Waals surface area (Å²) in [6.45, 7) is 7.88. The molecule has 2 aromatic carbocycles. The molecule has 0 fully saturated rings. The Kier molecular flexibility index (Phi) is 4.53. The zero-order valence-electron chi connectivity index (χ0n) is 12.9. The van der Waals surface area contributed by atoms with Crippen molar-refractivity contribution in [3.8, 4) is 5.69 Å². The van der Waals surface area contributed by atoms with Crippen LogP contribution in [0.3, 0.4) is 0 Å². The van der Waals surface area contributed by atoms with Crippen LogP contribution in [0.1, 0.15) is 25.2 Å². The number of hydrogen-bond acceptors (Lipinski definition) is 2. The van der Waals surface area contributed by atoms with Gasteiger partial charge in [0, 0.05) is 0 Å². The Bertz CT molecular complexity index is 802. The Balaban J connectivity index is 0.000000774. The Morgan fingerprint density at radius 1 is 0.905 bits per heavy atom. The fraction of sp³-hybridized carbons (Fsp3) is 0.222. The summed E-state index contributed by atoms with van der Waals surface area (Å²) < 4.78 is 1.65. The van der Waals surface area contributed by atoms with Crippen molar-refractivity contribution < 1.29 is 0 Å². The largest absolute Gasteiger partial charge is 0.268 e. The van der Waals surface area contributed by atoms with Gasteiger partial charge >= 0.3 is 0 Å². The Morgan fingerprint density at radius 2 is 1.52 bits per heavy atom. The summed E-state index contributed by atoms with van der Waals surface area (Å²) in [5, 5.41) is 0.647. The van der Waals surface area contributed by atoms with Crippen molar-refractivity contribution in [1.82, 2.24) is 9.55 Å². The minimum Gasteiger partial charge on any atom is -0.268 e. The van der Waals surface area contributed by atoms with Gasteiger partial charge in [-0.25, -0.2) is 4.98 Å². The van der Waals surface area contributed by atoms with Crippen molar-refractivity contribution in [3.05, 3.63) is 70.3 Å². The molecule has 0 N–H and O–H groups in total. The van der Waals surface area contributed by atoms with Crippen LogP contribution in [0, 0.1) is 13.8 Å². The highest BCUT2D eigenvalue weighted by Gasteiger charge is 2.08.